The van der Waals surface area contributed by atoms with E-state index in [1.54, 1.807) is 12.1 Å². The molecule has 0 aliphatic heterocycles. The molecule has 0 atom stereocenters. The fourth-order valence-corrected chi connectivity index (χ4v) is 4.58. The van der Waals surface area contributed by atoms with Crippen LogP contribution < -0.4 is 4.72 Å². The zero-order valence-electron chi connectivity index (χ0n) is 9.91. The van der Waals surface area contributed by atoms with Gasteiger partial charge in [-0.15, -0.1) is 11.3 Å². The lowest BCUT2D eigenvalue weighted by Gasteiger charge is -2.04. The van der Waals surface area contributed by atoms with Crippen LogP contribution in [0.25, 0.3) is 0 Å². The molecule has 0 spiro atoms. The summed E-state index contributed by atoms with van der Waals surface area (Å²) in [5, 5.41) is 0. The number of hydrogen-bond donors (Lipinski definition) is 1. The molecule has 17 heavy (non-hydrogen) atoms. The Kier molecular flexibility index (Phi) is 6.69. The number of thiophene rings is 1. The maximum Gasteiger partial charge on any atom is 0.250 e. The fourth-order valence-electron chi connectivity index (χ4n) is 1.45. The molecule has 1 N–H and O–H groups in total. The van der Waals surface area contributed by atoms with Gasteiger partial charge in [0, 0.05) is 6.54 Å². The van der Waals surface area contributed by atoms with Gasteiger partial charge >= 0.3 is 0 Å². The van der Waals surface area contributed by atoms with E-state index in [9.17, 15) is 8.42 Å². The van der Waals surface area contributed by atoms with E-state index < -0.39 is 10.0 Å². The van der Waals surface area contributed by atoms with Gasteiger partial charge in [-0.2, -0.15) is 0 Å². The molecule has 6 heteroatoms. The zero-order chi connectivity index (χ0) is 12.7. The van der Waals surface area contributed by atoms with Crippen LogP contribution in [0.1, 0.15) is 39.0 Å². The van der Waals surface area contributed by atoms with Crippen molar-refractivity contribution in [3.63, 3.8) is 0 Å². The molecule has 0 saturated carbocycles. The molecule has 1 aromatic rings. The minimum Gasteiger partial charge on any atom is -0.210 e. The normalized spacial score (nSPS) is 11.9. The highest BCUT2D eigenvalue weighted by Crippen LogP contribution is 2.25. The molecular weight excluding hydrogens is 322 g/mol. The SMILES string of the molecule is CCCCCCCNS(=O)(=O)c1ccc(Br)s1. The van der Waals surface area contributed by atoms with Gasteiger partial charge in [0.1, 0.15) is 4.21 Å². The summed E-state index contributed by atoms with van der Waals surface area (Å²) in [6.07, 6.45) is 5.61. The van der Waals surface area contributed by atoms with E-state index in [1.165, 1.54) is 30.6 Å². The Hall–Kier alpha value is 0.0900. The average Bonchev–Trinajstić information content (AvgIpc) is 2.71. The lowest BCUT2D eigenvalue weighted by Crippen LogP contribution is -2.23. The number of rotatable bonds is 8. The van der Waals surface area contributed by atoms with Crippen molar-refractivity contribution in [1.29, 1.82) is 0 Å². The van der Waals surface area contributed by atoms with E-state index in [0.717, 1.165) is 16.6 Å². The minimum atomic E-state index is -3.29. The Balaban J connectivity index is 2.31. The first-order valence-electron chi connectivity index (χ1n) is 5.81. The summed E-state index contributed by atoms with van der Waals surface area (Å²) >= 11 is 4.49. The first-order chi connectivity index (χ1) is 8.06. The summed E-state index contributed by atoms with van der Waals surface area (Å²) < 4.78 is 27.5. The van der Waals surface area contributed by atoms with Crippen molar-refractivity contribution in [3.05, 3.63) is 15.9 Å². The van der Waals surface area contributed by atoms with Crippen molar-refractivity contribution in [2.24, 2.45) is 0 Å². The Morgan fingerprint density at radius 3 is 2.53 bits per heavy atom. The molecule has 1 aromatic heterocycles. The maximum absolute atomic E-state index is 11.8. The molecule has 0 unspecified atom stereocenters. The van der Waals surface area contributed by atoms with E-state index in [1.807, 2.05) is 0 Å². The summed E-state index contributed by atoms with van der Waals surface area (Å²) in [5.74, 6) is 0. The van der Waals surface area contributed by atoms with Gasteiger partial charge in [-0.05, 0) is 34.5 Å². The summed E-state index contributed by atoms with van der Waals surface area (Å²) in [7, 11) is -3.29. The topological polar surface area (TPSA) is 46.2 Å². The van der Waals surface area contributed by atoms with E-state index in [4.69, 9.17) is 0 Å². The summed E-state index contributed by atoms with van der Waals surface area (Å²) in [6.45, 7) is 2.69. The van der Waals surface area contributed by atoms with Crippen LogP contribution in [0.5, 0.6) is 0 Å². The lowest BCUT2D eigenvalue weighted by molar-refractivity contribution is 0.572. The van der Waals surface area contributed by atoms with E-state index in [0.29, 0.717) is 10.8 Å². The quantitative estimate of drug-likeness (QED) is 0.733. The molecule has 0 radical (unpaired) electrons. The Labute approximate surface area is 116 Å². The third kappa shape index (κ3) is 5.50. The van der Waals surface area contributed by atoms with Crippen LogP contribution in [-0.4, -0.2) is 15.0 Å². The second-order valence-corrected chi connectivity index (χ2v) is 8.33. The van der Waals surface area contributed by atoms with Crippen LogP contribution in [0.15, 0.2) is 20.1 Å². The van der Waals surface area contributed by atoms with Crippen LogP contribution in [0.4, 0.5) is 0 Å². The van der Waals surface area contributed by atoms with Crippen molar-refractivity contribution in [2.75, 3.05) is 6.54 Å². The fraction of sp³-hybridized carbons (Fsp3) is 0.636. The molecule has 1 heterocycles. The second-order valence-electron chi connectivity index (χ2n) is 3.87. The molecule has 1 rings (SSSR count). The van der Waals surface area contributed by atoms with Gasteiger partial charge in [-0.1, -0.05) is 32.6 Å². The summed E-state index contributed by atoms with van der Waals surface area (Å²) in [4.78, 5) is 0. The summed E-state index contributed by atoms with van der Waals surface area (Å²) in [6, 6.07) is 3.37. The van der Waals surface area contributed by atoms with Crippen molar-refractivity contribution >= 4 is 37.3 Å². The van der Waals surface area contributed by atoms with Gasteiger partial charge in [-0.3, -0.25) is 0 Å². The van der Waals surface area contributed by atoms with Gasteiger partial charge in [0.2, 0.25) is 10.0 Å². The predicted octanol–water partition coefficient (Wildman–Crippen LogP) is 3.76. The van der Waals surface area contributed by atoms with Crippen molar-refractivity contribution in [3.8, 4) is 0 Å². The predicted molar refractivity (Wildman–Crippen MR) is 76.0 cm³/mol. The standard InChI is InChI=1S/C11H18BrNO2S2/c1-2-3-4-5-6-9-13-17(14,15)11-8-7-10(12)16-11/h7-8,13H,2-6,9H2,1H3. The van der Waals surface area contributed by atoms with Gasteiger partial charge in [-0.25, -0.2) is 13.1 Å². The third-order valence-electron chi connectivity index (χ3n) is 2.39. The molecule has 0 saturated heterocycles. The first kappa shape index (κ1) is 15.1. The van der Waals surface area contributed by atoms with Crippen molar-refractivity contribution < 1.29 is 8.42 Å². The molecule has 98 valence electrons. The number of unbranched alkanes of at least 4 members (excludes halogenated alkanes) is 4. The molecule has 0 amide bonds. The molecule has 0 aliphatic carbocycles. The van der Waals surface area contributed by atoms with Gasteiger partial charge in [0.05, 0.1) is 3.79 Å². The van der Waals surface area contributed by atoms with Crippen LogP contribution in [-0.2, 0) is 10.0 Å². The Morgan fingerprint density at radius 1 is 1.24 bits per heavy atom. The smallest absolute Gasteiger partial charge is 0.210 e. The van der Waals surface area contributed by atoms with Crippen LogP contribution in [0.3, 0.4) is 0 Å². The molecule has 3 nitrogen and oxygen atoms in total. The minimum absolute atomic E-state index is 0.373. The van der Waals surface area contributed by atoms with Crippen LogP contribution in [0.2, 0.25) is 0 Å². The number of nitrogens with one attached hydrogen (secondary N) is 1. The van der Waals surface area contributed by atoms with Gasteiger partial charge in [0.15, 0.2) is 0 Å². The van der Waals surface area contributed by atoms with Gasteiger partial charge < -0.3 is 0 Å². The molecule has 0 aromatic carbocycles. The molecular formula is C11H18BrNO2S2. The van der Waals surface area contributed by atoms with Crippen molar-refractivity contribution in [1.82, 2.24) is 4.72 Å². The number of hydrogen-bond acceptors (Lipinski definition) is 3. The van der Waals surface area contributed by atoms with Crippen LogP contribution in [0, 0.1) is 0 Å². The van der Waals surface area contributed by atoms with E-state index in [2.05, 4.69) is 27.6 Å². The second kappa shape index (κ2) is 7.51. The average molecular weight is 340 g/mol. The van der Waals surface area contributed by atoms with Crippen LogP contribution >= 0.6 is 27.3 Å². The molecule has 0 fully saturated rings. The van der Waals surface area contributed by atoms with E-state index >= 15 is 0 Å². The highest BCUT2D eigenvalue weighted by atomic mass is 79.9. The highest BCUT2D eigenvalue weighted by molar-refractivity contribution is 9.11. The third-order valence-corrected chi connectivity index (χ3v) is 5.96. The van der Waals surface area contributed by atoms with E-state index in [-0.39, 0.29) is 0 Å². The zero-order valence-corrected chi connectivity index (χ0v) is 13.1. The maximum atomic E-state index is 11.8. The number of sulfonamides is 1. The highest BCUT2D eigenvalue weighted by Gasteiger charge is 2.15. The van der Waals surface area contributed by atoms with Crippen molar-refractivity contribution in [2.45, 2.75) is 43.2 Å². The largest absolute Gasteiger partial charge is 0.250 e. The Morgan fingerprint density at radius 2 is 1.94 bits per heavy atom. The summed E-state index contributed by atoms with van der Waals surface area (Å²) in [5.41, 5.74) is 0. The lowest BCUT2D eigenvalue weighted by atomic mass is 10.2. The Bertz CT molecular complexity index is 428. The molecule has 0 aliphatic rings. The first-order valence-corrected chi connectivity index (χ1v) is 8.90. The molecule has 0 bridgehead atoms. The van der Waals surface area contributed by atoms with Gasteiger partial charge in [0.25, 0.3) is 0 Å². The monoisotopic (exact) mass is 339 g/mol. The number of halogens is 1.